The number of carbonyl (C=O) groups is 1. The second-order valence-corrected chi connectivity index (χ2v) is 10.7. The minimum atomic E-state index is -0.731. The number of anilines is 1. The van der Waals surface area contributed by atoms with Crippen molar-refractivity contribution in [2.75, 3.05) is 38.0 Å². The van der Waals surface area contributed by atoms with Crippen molar-refractivity contribution in [3.63, 3.8) is 0 Å². The highest BCUT2D eigenvalue weighted by Crippen LogP contribution is 2.36. The molecule has 2 N–H and O–H groups in total. The van der Waals surface area contributed by atoms with Crippen LogP contribution in [0, 0.1) is 6.92 Å². The standard InChI is InChI=1S/C27H35Cl2N3O2/c1-18-5-7-23(25(29)14-18)19(2)30-26-15-21(6-8-24(26)28)20-9-12-32(13-10-20)22-4-3-11-31(16-22)17-27(33)34/h5-8,14-15,19-20,22,30H,3-4,9-13,16-17H2,1-2H3,(H,33,34)/t19?,22-/m0/s1. The molecule has 4 rings (SSSR count). The van der Waals surface area contributed by atoms with Crippen molar-refractivity contribution >= 4 is 34.9 Å². The maximum atomic E-state index is 11.1. The summed E-state index contributed by atoms with van der Waals surface area (Å²) in [6.45, 7) is 8.17. The molecular formula is C27H35Cl2N3O2. The number of nitrogens with one attached hydrogen (secondary N) is 1. The molecule has 34 heavy (non-hydrogen) atoms. The molecule has 0 radical (unpaired) electrons. The zero-order valence-electron chi connectivity index (χ0n) is 20.1. The summed E-state index contributed by atoms with van der Waals surface area (Å²) in [5.74, 6) is -0.225. The van der Waals surface area contributed by atoms with Crippen molar-refractivity contribution < 1.29 is 9.90 Å². The molecule has 0 amide bonds. The third-order valence-corrected chi connectivity index (χ3v) is 8.00. The van der Waals surface area contributed by atoms with E-state index in [-0.39, 0.29) is 12.6 Å². The SMILES string of the molecule is Cc1ccc(C(C)Nc2cc(C3CCN([C@H]4CCCN(CC(=O)O)C4)CC3)ccc2Cl)c(Cl)c1. The van der Waals surface area contributed by atoms with Crippen LogP contribution in [-0.4, -0.2) is 59.6 Å². The molecular weight excluding hydrogens is 469 g/mol. The van der Waals surface area contributed by atoms with Crippen LogP contribution in [0.25, 0.3) is 0 Å². The molecule has 2 aromatic carbocycles. The Hall–Kier alpha value is -1.79. The highest BCUT2D eigenvalue weighted by Gasteiger charge is 2.30. The van der Waals surface area contributed by atoms with Gasteiger partial charge in [0.05, 0.1) is 23.3 Å². The van der Waals surface area contributed by atoms with Crippen LogP contribution in [0.15, 0.2) is 36.4 Å². The highest BCUT2D eigenvalue weighted by molar-refractivity contribution is 6.33. The Morgan fingerprint density at radius 2 is 1.85 bits per heavy atom. The number of hydrogen-bond donors (Lipinski definition) is 2. The van der Waals surface area contributed by atoms with E-state index in [0.29, 0.717) is 12.0 Å². The monoisotopic (exact) mass is 503 g/mol. The van der Waals surface area contributed by atoms with Crippen LogP contribution >= 0.6 is 23.2 Å². The minimum absolute atomic E-state index is 0.0442. The Bertz CT molecular complexity index is 1010. The molecule has 1 unspecified atom stereocenters. The fourth-order valence-electron chi connectivity index (χ4n) is 5.46. The molecule has 0 bridgehead atoms. The number of halogens is 2. The normalized spacial score (nSPS) is 21.4. The summed E-state index contributed by atoms with van der Waals surface area (Å²) in [6, 6.07) is 13.0. The lowest BCUT2D eigenvalue weighted by atomic mass is 9.88. The van der Waals surface area contributed by atoms with Gasteiger partial charge in [-0.15, -0.1) is 0 Å². The summed E-state index contributed by atoms with van der Waals surface area (Å²) in [4.78, 5) is 15.8. The number of carboxylic acids is 1. The lowest BCUT2D eigenvalue weighted by Crippen LogP contribution is -2.51. The van der Waals surface area contributed by atoms with Gasteiger partial charge in [-0.1, -0.05) is 41.4 Å². The number of aliphatic carboxylic acids is 1. The first-order valence-corrected chi connectivity index (χ1v) is 13.1. The summed E-state index contributed by atoms with van der Waals surface area (Å²) in [5, 5.41) is 14.2. The zero-order chi connectivity index (χ0) is 24.2. The Morgan fingerprint density at radius 1 is 1.09 bits per heavy atom. The Balaban J connectivity index is 1.37. The highest BCUT2D eigenvalue weighted by atomic mass is 35.5. The topological polar surface area (TPSA) is 55.8 Å². The predicted octanol–water partition coefficient (Wildman–Crippen LogP) is 6.20. The Kier molecular flexibility index (Phi) is 8.41. The van der Waals surface area contributed by atoms with E-state index in [0.717, 1.165) is 78.7 Å². The average Bonchev–Trinajstić information content (AvgIpc) is 2.80. The maximum absolute atomic E-state index is 11.1. The lowest BCUT2D eigenvalue weighted by Gasteiger charge is -2.42. The van der Waals surface area contributed by atoms with Crippen LogP contribution in [0.5, 0.6) is 0 Å². The first kappa shape index (κ1) is 25.3. The summed E-state index contributed by atoms with van der Waals surface area (Å²) in [6.07, 6.45) is 4.45. The second kappa shape index (κ2) is 11.3. The van der Waals surface area contributed by atoms with Crippen molar-refractivity contribution in [1.82, 2.24) is 9.80 Å². The van der Waals surface area contributed by atoms with Crippen LogP contribution < -0.4 is 5.32 Å². The lowest BCUT2D eigenvalue weighted by molar-refractivity contribution is -0.138. The molecule has 2 atom stereocenters. The van der Waals surface area contributed by atoms with E-state index in [1.165, 1.54) is 5.56 Å². The van der Waals surface area contributed by atoms with Crippen LogP contribution in [0.3, 0.4) is 0 Å². The van der Waals surface area contributed by atoms with E-state index < -0.39 is 5.97 Å². The molecule has 2 aliphatic rings. The first-order chi connectivity index (χ1) is 16.3. The van der Waals surface area contributed by atoms with Crippen molar-refractivity contribution in [1.29, 1.82) is 0 Å². The Morgan fingerprint density at radius 3 is 2.56 bits per heavy atom. The molecule has 0 spiro atoms. The fraction of sp³-hybridized carbons (Fsp3) is 0.519. The van der Waals surface area contributed by atoms with Crippen molar-refractivity contribution in [3.05, 3.63) is 63.1 Å². The molecule has 7 heteroatoms. The molecule has 184 valence electrons. The predicted molar refractivity (Wildman–Crippen MR) is 140 cm³/mol. The van der Waals surface area contributed by atoms with Crippen LogP contribution in [0.2, 0.25) is 10.0 Å². The third-order valence-electron chi connectivity index (χ3n) is 7.34. The number of carboxylic acid groups (broad SMARTS) is 1. The van der Waals surface area contributed by atoms with Gasteiger partial charge in [0.2, 0.25) is 0 Å². The number of benzene rings is 2. The zero-order valence-corrected chi connectivity index (χ0v) is 21.6. The number of piperidine rings is 2. The largest absolute Gasteiger partial charge is 0.480 e. The van der Waals surface area contributed by atoms with Crippen LogP contribution in [-0.2, 0) is 4.79 Å². The van der Waals surface area contributed by atoms with Gasteiger partial charge in [-0.2, -0.15) is 0 Å². The number of nitrogens with zero attached hydrogens (tertiary/aromatic N) is 2. The number of likely N-dealkylation sites (tertiary alicyclic amines) is 2. The first-order valence-electron chi connectivity index (χ1n) is 12.3. The van der Waals surface area contributed by atoms with Gasteiger partial charge < -0.3 is 10.4 Å². The van der Waals surface area contributed by atoms with Crippen LogP contribution in [0.4, 0.5) is 5.69 Å². The van der Waals surface area contributed by atoms with Gasteiger partial charge in [-0.3, -0.25) is 14.6 Å². The summed E-state index contributed by atoms with van der Waals surface area (Å²) in [5.41, 5.74) is 4.48. The molecule has 2 heterocycles. The Labute approximate surface area is 213 Å². The van der Waals surface area contributed by atoms with Gasteiger partial charge in [0.1, 0.15) is 0 Å². The van der Waals surface area contributed by atoms with E-state index in [1.807, 2.05) is 19.1 Å². The average molecular weight is 505 g/mol. The van der Waals surface area contributed by atoms with Gasteiger partial charge in [-0.05, 0) is 100.0 Å². The molecule has 5 nitrogen and oxygen atoms in total. The third kappa shape index (κ3) is 6.25. The maximum Gasteiger partial charge on any atom is 0.317 e. The molecule has 2 saturated heterocycles. The van der Waals surface area contributed by atoms with Crippen molar-refractivity contribution in [3.8, 4) is 0 Å². The van der Waals surface area contributed by atoms with E-state index in [9.17, 15) is 4.79 Å². The van der Waals surface area contributed by atoms with Crippen molar-refractivity contribution in [2.45, 2.75) is 57.5 Å². The number of rotatable bonds is 7. The van der Waals surface area contributed by atoms with E-state index in [1.54, 1.807) is 0 Å². The van der Waals surface area contributed by atoms with E-state index >= 15 is 0 Å². The van der Waals surface area contributed by atoms with E-state index in [2.05, 4.69) is 46.3 Å². The van der Waals surface area contributed by atoms with Crippen LogP contribution in [0.1, 0.15) is 61.3 Å². The summed E-state index contributed by atoms with van der Waals surface area (Å²) >= 11 is 13.0. The quantitative estimate of drug-likeness (QED) is 0.470. The molecule has 0 saturated carbocycles. The van der Waals surface area contributed by atoms with Gasteiger partial charge in [-0.25, -0.2) is 0 Å². The summed E-state index contributed by atoms with van der Waals surface area (Å²) in [7, 11) is 0. The van der Waals surface area contributed by atoms with E-state index in [4.69, 9.17) is 28.3 Å². The van der Waals surface area contributed by atoms with Gasteiger partial charge in [0.15, 0.2) is 0 Å². The van der Waals surface area contributed by atoms with Crippen molar-refractivity contribution in [2.24, 2.45) is 0 Å². The fourth-order valence-corrected chi connectivity index (χ4v) is 6.03. The molecule has 2 aliphatic heterocycles. The molecule has 2 fully saturated rings. The van der Waals surface area contributed by atoms with Gasteiger partial charge >= 0.3 is 5.97 Å². The minimum Gasteiger partial charge on any atom is -0.480 e. The number of aryl methyl sites for hydroxylation is 1. The number of hydrogen-bond acceptors (Lipinski definition) is 4. The molecule has 0 aliphatic carbocycles. The van der Waals surface area contributed by atoms with Gasteiger partial charge in [0.25, 0.3) is 0 Å². The molecule has 2 aromatic rings. The van der Waals surface area contributed by atoms with Gasteiger partial charge in [0, 0.05) is 17.6 Å². The molecule has 0 aromatic heterocycles. The second-order valence-electron chi connectivity index (χ2n) is 9.87. The summed E-state index contributed by atoms with van der Waals surface area (Å²) < 4.78 is 0. The smallest absolute Gasteiger partial charge is 0.317 e.